The van der Waals surface area contributed by atoms with Gasteiger partial charge in [-0.3, -0.25) is 14.4 Å². The number of piperidine rings is 1. The molecular formula is C37H51FN4O3. The van der Waals surface area contributed by atoms with Crippen LogP contribution in [0.3, 0.4) is 0 Å². The van der Waals surface area contributed by atoms with Crippen LogP contribution in [0.5, 0.6) is 5.75 Å². The third kappa shape index (κ3) is 8.14. The van der Waals surface area contributed by atoms with E-state index in [-0.39, 0.29) is 17.7 Å². The molecule has 3 heterocycles. The number of benzene rings is 2. The number of carboxylic acid groups (broad SMARTS) is 1. The number of likely N-dealkylation sites (tertiary alicyclic amines) is 2. The van der Waals surface area contributed by atoms with Crippen molar-refractivity contribution in [1.29, 1.82) is 0 Å². The zero-order chi connectivity index (χ0) is 32.1. The Balaban J connectivity index is 1.24. The molecule has 244 valence electrons. The first kappa shape index (κ1) is 33.1. The Morgan fingerprint density at radius 2 is 1.80 bits per heavy atom. The van der Waals surface area contributed by atoms with Crippen molar-refractivity contribution in [3.05, 3.63) is 82.9 Å². The van der Waals surface area contributed by atoms with E-state index < -0.39 is 17.4 Å². The average Bonchev–Trinajstić information content (AvgIpc) is 3.60. The number of nitrogens with zero attached hydrogens (tertiary/aromatic N) is 4. The number of aliphatic carboxylic acids is 1. The second kappa shape index (κ2) is 14.5. The standard InChI is InChI=1S/C37H51FN4O3/c1-6-19-45-32-13-11-26(12-14-32)20-31-22-34(42(7-2)39-31)27-15-17-40(18-16-27)23-29-24-41(35(36(43)44)37(3,4)5)25-33(29)28-9-8-10-30(38)21-28/h8-14,21-22,27,29,33,35H,6-7,15-20,23-25H2,1-5H3,(H,43,44)/t29-,33+,35-/m0/s1. The lowest BCUT2D eigenvalue weighted by Crippen LogP contribution is -2.48. The zero-order valence-electron chi connectivity index (χ0n) is 27.7. The molecule has 2 saturated heterocycles. The molecule has 7 nitrogen and oxygen atoms in total. The van der Waals surface area contributed by atoms with Gasteiger partial charge in [0.25, 0.3) is 0 Å². The molecule has 2 aromatic carbocycles. The van der Waals surface area contributed by atoms with E-state index in [1.807, 2.05) is 39.0 Å². The Morgan fingerprint density at radius 3 is 2.42 bits per heavy atom. The molecule has 1 N–H and O–H groups in total. The van der Waals surface area contributed by atoms with E-state index in [2.05, 4.69) is 46.5 Å². The largest absolute Gasteiger partial charge is 0.494 e. The van der Waals surface area contributed by atoms with Crippen LogP contribution in [0, 0.1) is 17.2 Å². The normalized spacial score (nSPS) is 20.8. The fraction of sp³-hybridized carbons (Fsp3) is 0.568. The lowest BCUT2D eigenvalue weighted by atomic mass is 9.85. The molecular weight excluding hydrogens is 567 g/mol. The summed E-state index contributed by atoms with van der Waals surface area (Å²) < 4.78 is 22.2. The minimum atomic E-state index is -0.785. The fourth-order valence-electron chi connectivity index (χ4n) is 7.52. The number of carbonyl (C=O) groups is 1. The molecule has 0 unspecified atom stereocenters. The summed E-state index contributed by atoms with van der Waals surface area (Å²) in [6.45, 7) is 16.0. The molecule has 5 rings (SSSR count). The van der Waals surface area contributed by atoms with Crippen molar-refractivity contribution >= 4 is 5.97 Å². The molecule has 1 aromatic heterocycles. The third-order valence-electron chi connectivity index (χ3n) is 9.61. The topological polar surface area (TPSA) is 70.8 Å². The van der Waals surface area contributed by atoms with Crippen LogP contribution >= 0.6 is 0 Å². The number of hydrogen-bond acceptors (Lipinski definition) is 5. The first-order chi connectivity index (χ1) is 21.5. The molecule has 2 aliphatic rings. The molecule has 0 radical (unpaired) electrons. The van der Waals surface area contributed by atoms with Gasteiger partial charge in [0.05, 0.1) is 12.3 Å². The Kier molecular flexibility index (Phi) is 10.7. The van der Waals surface area contributed by atoms with Gasteiger partial charge in [-0.15, -0.1) is 0 Å². The van der Waals surface area contributed by atoms with Gasteiger partial charge in [-0.05, 0) is 92.1 Å². The van der Waals surface area contributed by atoms with Crippen molar-refractivity contribution in [3.8, 4) is 5.75 Å². The number of halogens is 1. The van der Waals surface area contributed by atoms with Gasteiger partial charge in [0, 0.05) is 50.1 Å². The number of carboxylic acids is 1. The number of aromatic nitrogens is 2. The molecule has 0 saturated carbocycles. The van der Waals surface area contributed by atoms with E-state index in [0.717, 1.165) is 75.5 Å². The Labute approximate surface area is 268 Å². The van der Waals surface area contributed by atoms with E-state index in [9.17, 15) is 14.3 Å². The Hall–Kier alpha value is -3.23. The van der Waals surface area contributed by atoms with Crippen molar-refractivity contribution in [2.45, 2.75) is 84.7 Å². The van der Waals surface area contributed by atoms with Crippen molar-refractivity contribution in [3.63, 3.8) is 0 Å². The fourth-order valence-corrected chi connectivity index (χ4v) is 7.52. The maximum Gasteiger partial charge on any atom is 0.321 e. The highest BCUT2D eigenvalue weighted by Gasteiger charge is 2.44. The summed E-state index contributed by atoms with van der Waals surface area (Å²) in [6.07, 6.45) is 3.93. The summed E-state index contributed by atoms with van der Waals surface area (Å²) in [7, 11) is 0. The van der Waals surface area contributed by atoms with Gasteiger partial charge in [-0.1, -0.05) is 52.0 Å². The monoisotopic (exact) mass is 618 g/mol. The van der Waals surface area contributed by atoms with Crippen molar-refractivity contribution < 1.29 is 19.0 Å². The van der Waals surface area contributed by atoms with Crippen LogP contribution in [0.2, 0.25) is 0 Å². The van der Waals surface area contributed by atoms with Crippen molar-refractivity contribution in [2.75, 3.05) is 39.3 Å². The lowest BCUT2D eigenvalue weighted by Gasteiger charge is -2.36. The molecule has 8 heteroatoms. The molecule has 0 amide bonds. The number of ether oxygens (including phenoxy) is 1. The van der Waals surface area contributed by atoms with Crippen LogP contribution in [0.25, 0.3) is 0 Å². The minimum Gasteiger partial charge on any atom is -0.494 e. The summed E-state index contributed by atoms with van der Waals surface area (Å²) in [5.41, 5.74) is 4.23. The van der Waals surface area contributed by atoms with Gasteiger partial charge in [0.1, 0.15) is 17.6 Å². The average molecular weight is 619 g/mol. The molecule has 0 bridgehead atoms. The van der Waals surface area contributed by atoms with Gasteiger partial charge < -0.3 is 14.7 Å². The third-order valence-corrected chi connectivity index (χ3v) is 9.61. The molecule has 2 aliphatic heterocycles. The molecule has 0 spiro atoms. The van der Waals surface area contributed by atoms with E-state index in [4.69, 9.17) is 9.84 Å². The number of rotatable bonds is 12. The number of aryl methyl sites for hydroxylation is 1. The van der Waals surface area contributed by atoms with Gasteiger partial charge in [0.2, 0.25) is 0 Å². The van der Waals surface area contributed by atoms with Crippen LogP contribution in [0.15, 0.2) is 54.6 Å². The van der Waals surface area contributed by atoms with Crippen LogP contribution in [0.4, 0.5) is 4.39 Å². The first-order valence-corrected chi connectivity index (χ1v) is 16.8. The van der Waals surface area contributed by atoms with E-state index in [0.29, 0.717) is 19.0 Å². The smallest absolute Gasteiger partial charge is 0.321 e. The summed E-state index contributed by atoms with van der Waals surface area (Å²) in [5, 5.41) is 15.1. The summed E-state index contributed by atoms with van der Waals surface area (Å²) in [4.78, 5) is 17.0. The second-order valence-electron chi connectivity index (χ2n) is 14.1. The highest BCUT2D eigenvalue weighted by atomic mass is 19.1. The van der Waals surface area contributed by atoms with Crippen molar-refractivity contribution in [2.24, 2.45) is 11.3 Å². The maximum absolute atomic E-state index is 14.3. The second-order valence-corrected chi connectivity index (χ2v) is 14.1. The quantitative estimate of drug-likeness (QED) is 0.240. The Bertz CT molecular complexity index is 1410. The SMILES string of the molecule is CCCOc1ccc(Cc2cc(C3CCN(C[C@H]4CN([C@@H](C(=O)O)C(C)(C)C)C[C@@H]4c4cccc(F)c4)CC3)n(CC)n2)cc1. The molecule has 3 aromatic rings. The Morgan fingerprint density at radius 1 is 1.07 bits per heavy atom. The first-order valence-electron chi connectivity index (χ1n) is 16.8. The highest BCUT2D eigenvalue weighted by Crippen LogP contribution is 2.39. The summed E-state index contributed by atoms with van der Waals surface area (Å²) in [6, 6.07) is 17.0. The zero-order valence-corrected chi connectivity index (χ0v) is 27.7. The van der Waals surface area contributed by atoms with Gasteiger partial charge in [-0.2, -0.15) is 5.10 Å². The minimum absolute atomic E-state index is 0.0963. The highest BCUT2D eigenvalue weighted by molar-refractivity contribution is 5.74. The predicted molar refractivity (Wildman–Crippen MR) is 176 cm³/mol. The van der Waals surface area contributed by atoms with Gasteiger partial charge in [-0.25, -0.2) is 4.39 Å². The van der Waals surface area contributed by atoms with Gasteiger partial charge in [0.15, 0.2) is 0 Å². The molecule has 0 aliphatic carbocycles. The molecule has 45 heavy (non-hydrogen) atoms. The van der Waals surface area contributed by atoms with Crippen LogP contribution < -0.4 is 4.74 Å². The van der Waals surface area contributed by atoms with Gasteiger partial charge >= 0.3 is 5.97 Å². The van der Waals surface area contributed by atoms with Crippen LogP contribution in [-0.2, 0) is 17.8 Å². The summed E-state index contributed by atoms with van der Waals surface area (Å²) in [5.74, 6) is 0.685. The maximum atomic E-state index is 14.3. The van der Waals surface area contributed by atoms with Crippen LogP contribution in [-0.4, -0.2) is 76.0 Å². The van der Waals surface area contributed by atoms with E-state index >= 15 is 0 Å². The van der Waals surface area contributed by atoms with Crippen molar-refractivity contribution in [1.82, 2.24) is 19.6 Å². The van der Waals surface area contributed by atoms with Crippen LogP contribution in [0.1, 0.15) is 88.2 Å². The van der Waals surface area contributed by atoms with E-state index in [1.165, 1.54) is 17.3 Å². The number of hydrogen-bond donors (Lipinski definition) is 1. The lowest BCUT2D eigenvalue weighted by molar-refractivity contribution is -0.147. The summed E-state index contributed by atoms with van der Waals surface area (Å²) >= 11 is 0. The predicted octanol–water partition coefficient (Wildman–Crippen LogP) is 6.82. The molecule has 2 fully saturated rings. The molecule has 3 atom stereocenters. The van der Waals surface area contributed by atoms with E-state index in [1.54, 1.807) is 12.1 Å².